The molecule has 0 aliphatic carbocycles. The van der Waals surface area contributed by atoms with E-state index in [0.717, 1.165) is 5.56 Å². The molecular weight excluding hydrogens is 342 g/mol. The van der Waals surface area contributed by atoms with Gasteiger partial charge in [0.25, 0.3) is 5.56 Å². The van der Waals surface area contributed by atoms with Crippen LogP contribution in [0.2, 0.25) is 0 Å². The monoisotopic (exact) mass is 351 g/mol. The molecule has 2 N–H and O–H groups in total. The van der Waals surface area contributed by atoms with Crippen LogP contribution in [-0.2, 0) is 0 Å². The fraction of sp³-hybridized carbons (Fsp3) is 0. The topological polar surface area (TPSA) is 105 Å². The second-order valence-electron chi connectivity index (χ2n) is 5.40. The first-order chi connectivity index (χ1) is 12.2. The third kappa shape index (κ3) is 2.08. The smallest absolute Gasteiger partial charge is 0.326 e. The molecule has 0 bridgehead atoms. The van der Waals surface area contributed by atoms with Gasteiger partial charge in [-0.2, -0.15) is 0 Å². The van der Waals surface area contributed by atoms with Gasteiger partial charge in [-0.3, -0.25) is 9.78 Å². The average molecular weight is 351 g/mol. The van der Waals surface area contributed by atoms with Gasteiger partial charge in [0.05, 0.1) is 18.0 Å². The maximum atomic E-state index is 12.1. The Morgan fingerprint density at radius 3 is 2.48 bits per heavy atom. The van der Waals surface area contributed by atoms with Gasteiger partial charge < -0.3 is 13.8 Å². The molecule has 0 unspecified atom stereocenters. The van der Waals surface area contributed by atoms with Gasteiger partial charge in [-0.05, 0) is 30.3 Å². The fourth-order valence-electron chi connectivity index (χ4n) is 2.86. The minimum atomic E-state index is -0.558. The maximum absolute atomic E-state index is 12.1. The van der Waals surface area contributed by atoms with Crippen LogP contribution < -0.4 is 11.2 Å². The van der Waals surface area contributed by atoms with Gasteiger partial charge in [0.1, 0.15) is 21.0 Å². The molecule has 5 aromatic heterocycles. The van der Waals surface area contributed by atoms with Crippen molar-refractivity contribution in [3.63, 3.8) is 0 Å². The molecule has 0 atom stereocenters. The highest BCUT2D eigenvalue weighted by Crippen LogP contribution is 2.39. The molecule has 8 heteroatoms. The molecular formula is C17H9N3O4S. The fourth-order valence-corrected chi connectivity index (χ4v) is 3.91. The molecule has 0 aliphatic rings. The van der Waals surface area contributed by atoms with Gasteiger partial charge in [-0.1, -0.05) is 0 Å². The van der Waals surface area contributed by atoms with E-state index in [-0.39, 0.29) is 0 Å². The molecule has 0 amide bonds. The van der Waals surface area contributed by atoms with Crippen LogP contribution in [0.3, 0.4) is 0 Å². The third-order valence-electron chi connectivity index (χ3n) is 3.89. The van der Waals surface area contributed by atoms with Gasteiger partial charge in [0.2, 0.25) is 0 Å². The van der Waals surface area contributed by atoms with Crippen molar-refractivity contribution in [2.24, 2.45) is 0 Å². The van der Waals surface area contributed by atoms with Crippen molar-refractivity contribution in [3.05, 3.63) is 63.7 Å². The third-order valence-corrected chi connectivity index (χ3v) is 4.98. The zero-order valence-corrected chi connectivity index (χ0v) is 13.3. The quantitative estimate of drug-likeness (QED) is 0.507. The van der Waals surface area contributed by atoms with Crippen molar-refractivity contribution in [1.29, 1.82) is 0 Å². The number of nitrogens with one attached hydrogen (secondary N) is 2. The van der Waals surface area contributed by atoms with Gasteiger partial charge >= 0.3 is 5.69 Å². The molecule has 0 saturated carbocycles. The largest absolute Gasteiger partial charge is 0.464 e. The predicted octanol–water partition coefficient (Wildman–Crippen LogP) is 3.35. The van der Waals surface area contributed by atoms with E-state index in [9.17, 15) is 9.59 Å². The Bertz CT molecular complexity index is 1320. The number of hydrogen-bond donors (Lipinski definition) is 2. The van der Waals surface area contributed by atoms with Gasteiger partial charge in [0.15, 0.2) is 5.76 Å². The van der Waals surface area contributed by atoms with E-state index >= 15 is 0 Å². The lowest BCUT2D eigenvalue weighted by Crippen LogP contribution is -2.20. The maximum Gasteiger partial charge on any atom is 0.326 e. The molecule has 122 valence electrons. The Labute approximate surface area is 142 Å². The lowest BCUT2D eigenvalue weighted by atomic mass is 10.1. The highest BCUT2D eigenvalue weighted by molar-refractivity contribution is 7.25. The zero-order chi connectivity index (χ0) is 17.0. The van der Waals surface area contributed by atoms with Crippen LogP contribution in [0.4, 0.5) is 0 Å². The number of fused-ring (bicyclic) bond motifs is 3. The zero-order valence-electron chi connectivity index (χ0n) is 12.5. The highest BCUT2D eigenvalue weighted by atomic mass is 32.1. The van der Waals surface area contributed by atoms with Gasteiger partial charge in [0, 0.05) is 10.9 Å². The molecule has 0 spiro atoms. The first kappa shape index (κ1) is 14.0. The normalized spacial score (nSPS) is 11.5. The van der Waals surface area contributed by atoms with Crippen LogP contribution in [-0.4, -0.2) is 15.0 Å². The van der Waals surface area contributed by atoms with Crippen molar-refractivity contribution in [1.82, 2.24) is 15.0 Å². The van der Waals surface area contributed by atoms with Gasteiger partial charge in [-0.15, -0.1) is 11.3 Å². The average Bonchev–Trinajstić information content (AvgIpc) is 3.34. The number of furan rings is 2. The number of hydrogen-bond acceptors (Lipinski definition) is 6. The van der Waals surface area contributed by atoms with E-state index < -0.39 is 11.2 Å². The first-order valence-electron chi connectivity index (χ1n) is 7.38. The van der Waals surface area contributed by atoms with E-state index in [4.69, 9.17) is 8.83 Å². The minimum absolute atomic E-state index is 0.409. The molecule has 5 aromatic rings. The summed E-state index contributed by atoms with van der Waals surface area (Å²) in [5.74, 6) is 1.22. The number of aromatic nitrogens is 3. The van der Waals surface area contributed by atoms with Crippen LogP contribution in [0, 0.1) is 0 Å². The standard InChI is InChI=1S/C17H9N3O4S/c21-15-14-13(19-17(22)20-15)12-8(10-3-1-5-23-10)7-9(18-16(12)25-14)11-4-2-6-24-11/h1-7H,(H2,19,20,21,22). The molecule has 0 radical (unpaired) electrons. The summed E-state index contributed by atoms with van der Waals surface area (Å²) in [5.41, 5.74) is 0.811. The van der Waals surface area contributed by atoms with Crippen LogP contribution in [0.5, 0.6) is 0 Å². The number of pyridine rings is 1. The molecule has 7 nitrogen and oxygen atoms in total. The number of nitrogens with zero attached hydrogens (tertiary/aromatic N) is 1. The van der Waals surface area contributed by atoms with E-state index in [1.165, 1.54) is 11.3 Å². The number of rotatable bonds is 2. The molecule has 0 aliphatic heterocycles. The Morgan fingerprint density at radius 2 is 1.76 bits per heavy atom. The van der Waals surface area contributed by atoms with E-state index in [2.05, 4.69) is 15.0 Å². The molecule has 0 aromatic carbocycles. The van der Waals surface area contributed by atoms with Crippen molar-refractivity contribution in [2.75, 3.05) is 0 Å². The summed E-state index contributed by atoms with van der Waals surface area (Å²) in [6.07, 6.45) is 3.14. The number of aromatic amines is 2. The second-order valence-corrected chi connectivity index (χ2v) is 6.40. The van der Waals surface area contributed by atoms with Crippen LogP contribution >= 0.6 is 11.3 Å². The molecule has 5 rings (SSSR count). The summed E-state index contributed by atoms with van der Waals surface area (Å²) in [6.45, 7) is 0. The summed E-state index contributed by atoms with van der Waals surface area (Å²) >= 11 is 1.21. The van der Waals surface area contributed by atoms with Crippen LogP contribution in [0.15, 0.2) is 61.3 Å². The van der Waals surface area contributed by atoms with E-state index in [1.807, 2.05) is 18.2 Å². The minimum Gasteiger partial charge on any atom is -0.464 e. The Morgan fingerprint density at radius 1 is 1.00 bits per heavy atom. The SMILES string of the molecule is O=c1[nH]c(=O)c2sc3nc(-c4ccco4)cc(-c4ccco4)c3c2[nH]1. The Balaban J connectivity index is 1.98. The van der Waals surface area contributed by atoms with E-state index in [1.54, 1.807) is 24.7 Å². The number of thiophene rings is 1. The van der Waals surface area contributed by atoms with Crippen LogP contribution in [0.25, 0.3) is 43.2 Å². The molecule has 0 fully saturated rings. The number of H-pyrrole nitrogens is 2. The molecule has 5 heterocycles. The Kier molecular flexibility index (Phi) is 2.83. The van der Waals surface area contributed by atoms with Crippen LogP contribution in [0.1, 0.15) is 0 Å². The Hall–Kier alpha value is -3.39. The lowest BCUT2D eigenvalue weighted by Gasteiger charge is -2.04. The van der Waals surface area contributed by atoms with Crippen molar-refractivity contribution in [3.8, 4) is 22.8 Å². The molecule has 25 heavy (non-hydrogen) atoms. The predicted molar refractivity (Wildman–Crippen MR) is 93.8 cm³/mol. The van der Waals surface area contributed by atoms with Crippen molar-refractivity contribution in [2.45, 2.75) is 0 Å². The van der Waals surface area contributed by atoms with E-state index in [0.29, 0.717) is 37.6 Å². The summed E-state index contributed by atoms with van der Waals surface area (Å²) in [6, 6.07) is 9.00. The first-order valence-corrected chi connectivity index (χ1v) is 8.20. The second kappa shape index (κ2) is 5.05. The lowest BCUT2D eigenvalue weighted by molar-refractivity contribution is 0.579. The van der Waals surface area contributed by atoms with Crippen molar-refractivity contribution >= 4 is 31.8 Å². The summed E-state index contributed by atoms with van der Waals surface area (Å²) in [7, 11) is 0. The molecule has 0 saturated heterocycles. The van der Waals surface area contributed by atoms with Crippen molar-refractivity contribution < 1.29 is 8.83 Å². The summed E-state index contributed by atoms with van der Waals surface area (Å²) in [5, 5.41) is 0.674. The highest BCUT2D eigenvalue weighted by Gasteiger charge is 2.19. The summed E-state index contributed by atoms with van der Waals surface area (Å²) < 4.78 is 11.4. The summed E-state index contributed by atoms with van der Waals surface area (Å²) in [4.78, 5) is 34.0. The van der Waals surface area contributed by atoms with Gasteiger partial charge in [-0.25, -0.2) is 9.78 Å².